The van der Waals surface area contributed by atoms with Crippen LogP contribution in [0.4, 0.5) is 0 Å². The summed E-state index contributed by atoms with van der Waals surface area (Å²) in [6.45, 7) is 6.74. The molecule has 0 rings (SSSR count). The van der Waals surface area contributed by atoms with Gasteiger partial charge in [-0.25, -0.2) is 0 Å². The minimum Gasteiger partial charge on any atom is -0.366 e. The number of primary amides is 1. The summed E-state index contributed by atoms with van der Waals surface area (Å²) in [6.07, 6.45) is 0. The van der Waals surface area contributed by atoms with E-state index in [1.165, 1.54) is 0 Å². The third-order valence-corrected chi connectivity index (χ3v) is 0.421. The van der Waals surface area contributed by atoms with Crippen LogP contribution in [0.15, 0.2) is 12.2 Å². The van der Waals surface area contributed by atoms with Crippen LogP contribution in [0.5, 0.6) is 0 Å². The van der Waals surface area contributed by atoms with Crippen LogP contribution in [0.2, 0.25) is 0 Å². The van der Waals surface area contributed by atoms with Gasteiger partial charge in [-0.3, -0.25) is 4.79 Å². The Labute approximate surface area is 60.7 Å². The first-order valence-electron chi connectivity index (χ1n) is 2.57. The van der Waals surface area contributed by atoms with E-state index in [1.807, 2.05) is 6.92 Å². The number of hydrogen-bond acceptors (Lipinski definition) is 1. The van der Waals surface area contributed by atoms with Gasteiger partial charge in [0.2, 0.25) is 5.91 Å². The average Bonchev–Trinajstić information content (AvgIpc) is 1.68. The molecule has 2 N–H and O–H groups in total. The van der Waals surface area contributed by atoms with Crippen LogP contribution in [-0.2, 0) is 4.79 Å². The van der Waals surface area contributed by atoms with Crippen molar-refractivity contribution in [2.75, 3.05) is 5.88 Å². The number of nitrogens with two attached hydrogens (primary N) is 1. The highest BCUT2D eigenvalue weighted by atomic mass is 35.5. The molecule has 3 heteroatoms. The second kappa shape index (κ2) is 7.50. The lowest BCUT2D eigenvalue weighted by Gasteiger charge is -1.81. The van der Waals surface area contributed by atoms with Crippen LogP contribution in [-0.4, -0.2) is 11.8 Å². The molecule has 0 fully saturated rings. The summed E-state index contributed by atoms with van der Waals surface area (Å²) >= 11 is 5.00. The fourth-order valence-corrected chi connectivity index (χ4v) is 0. The number of carbonyl (C=O) groups is 1. The Morgan fingerprint density at radius 1 is 1.78 bits per heavy atom. The highest BCUT2D eigenvalue weighted by molar-refractivity contribution is 6.17. The zero-order valence-electron chi connectivity index (χ0n) is 5.78. The highest BCUT2D eigenvalue weighted by Gasteiger charge is 1.86. The molecular weight excluding hydrogens is 138 g/mol. The van der Waals surface area contributed by atoms with E-state index >= 15 is 0 Å². The number of amides is 1. The molecule has 0 aliphatic carbocycles. The van der Waals surface area contributed by atoms with E-state index in [9.17, 15) is 4.79 Å². The summed E-state index contributed by atoms with van der Waals surface area (Å²) in [4.78, 5) is 9.82. The summed E-state index contributed by atoms with van der Waals surface area (Å²) in [5.41, 5.74) is 5.09. The molecule has 0 aliphatic heterocycles. The van der Waals surface area contributed by atoms with Gasteiger partial charge >= 0.3 is 0 Å². The van der Waals surface area contributed by atoms with Gasteiger partial charge in [-0.15, -0.1) is 11.6 Å². The van der Waals surface area contributed by atoms with Crippen molar-refractivity contribution in [3.63, 3.8) is 0 Å². The zero-order chi connectivity index (χ0) is 7.86. The van der Waals surface area contributed by atoms with Gasteiger partial charge in [0.05, 0.1) is 0 Å². The number of carbonyl (C=O) groups excluding carboxylic acids is 1. The molecule has 0 atom stereocenters. The maximum Gasteiger partial charge on any atom is 0.243 e. The average molecular weight is 150 g/mol. The van der Waals surface area contributed by atoms with Crippen molar-refractivity contribution in [2.24, 2.45) is 5.73 Å². The molecule has 0 aromatic heterocycles. The Bertz CT molecular complexity index is 89.2. The van der Waals surface area contributed by atoms with Crippen molar-refractivity contribution in [2.45, 2.75) is 13.8 Å². The Morgan fingerprint density at radius 3 is 1.89 bits per heavy atom. The van der Waals surface area contributed by atoms with Gasteiger partial charge in [0.1, 0.15) is 0 Å². The first kappa shape index (κ1) is 11.3. The molecule has 0 saturated carbocycles. The molecule has 0 bridgehead atoms. The van der Waals surface area contributed by atoms with Crippen LogP contribution in [0, 0.1) is 0 Å². The molecule has 54 valence electrons. The van der Waals surface area contributed by atoms with E-state index in [2.05, 4.69) is 6.58 Å². The van der Waals surface area contributed by atoms with Crippen LogP contribution < -0.4 is 5.73 Å². The molecule has 2 nitrogen and oxygen atoms in total. The molecular formula is C6H12ClNO. The van der Waals surface area contributed by atoms with Crippen LogP contribution in [0.25, 0.3) is 0 Å². The predicted molar refractivity (Wildman–Crippen MR) is 40.4 cm³/mol. The molecule has 0 saturated heterocycles. The maximum atomic E-state index is 9.82. The van der Waals surface area contributed by atoms with Gasteiger partial charge in [-0.1, -0.05) is 13.5 Å². The zero-order valence-corrected chi connectivity index (χ0v) is 6.53. The number of halogens is 1. The molecule has 0 aromatic carbocycles. The summed E-state index contributed by atoms with van der Waals surface area (Å²) in [7, 11) is 0. The van der Waals surface area contributed by atoms with E-state index < -0.39 is 5.91 Å². The van der Waals surface area contributed by atoms with E-state index in [-0.39, 0.29) is 0 Å². The van der Waals surface area contributed by atoms with Gasteiger partial charge in [0.25, 0.3) is 0 Å². The minimum absolute atomic E-state index is 0.398. The molecule has 0 spiro atoms. The first-order chi connectivity index (χ1) is 4.06. The monoisotopic (exact) mass is 149 g/mol. The van der Waals surface area contributed by atoms with Crippen LogP contribution >= 0.6 is 11.6 Å². The summed E-state index contributed by atoms with van der Waals surface area (Å²) in [6, 6.07) is 0. The van der Waals surface area contributed by atoms with Crippen LogP contribution in [0.3, 0.4) is 0 Å². The molecule has 0 heterocycles. The van der Waals surface area contributed by atoms with Crippen LogP contribution in [0.1, 0.15) is 13.8 Å². The van der Waals surface area contributed by atoms with E-state index in [4.69, 9.17) is 17.3 Å². The molecule has 0 radical (unpaired) electrons. The standard InChI is InChI=1S/C4H7NO.C2H5Cl/c1-3(2)4(5)6;1-2-3/h1H2,2H3,(H2,5,6);2H2,1H3. The molecule has 1 amide bonds. The van der Waals surface area contributed by atoms with E-state index in [0.29, 0.717) is 5.57 Å². The summed E-state index contributed by atoms with van der Waals surface area (Å²) in [5.74, 6) is 0.287. The van der Waals surface area contributed by atoms with Gasteiger partial charge in [0, 0.05) is 11.5 Å². The maximum absolute atomic E-state index is 9.82. The second-order valence-corrected chi connectivity index (χ2v) is 1.95. The van der Waals surface area contributed by atoms with Gasteiger partial charge in [-0.2, -0.15) is 0 Å². The number of rotatable bonds is 1. The number of alkyl halides is 1. The fraction of sp³-hybridized carbons (Fsp3) is 0.500. The largest absolute Gasteiger partial charge is 0.366 e. The molecule has 0 aromatic rings. The van der Waals surface area contributed by atoms with Crippen molar-refractivity contribution in [3.05, 3.63) is 12.2 Å². The van der Waals surface area contributed by atoms with Gasteiger partial charge in [-0.05, 0) is 6.92 Å². The fourth-order valence-electron chi connectivity index (χ4n) is 0. The lowest BCUT2D eigenvalue weighted by Crippen LogP contribution is -2.10. The molecule has 0 aliphatic rings. The predicted octanol–water partition coefficient (Wildman–Crippen LogP) is 1.29. The van der Waals surface area contributed by atoms with Crippen molar-refractivity contribution in [1.82, 2.24) is 0 Å². The third-order valence-electron chi connectivity index (χ3n) is 0.421. The van der Waals surface area contributed by atoms with Crippen molar-refractivity contribution in [1.29, 1.82) is 0 Å². The quantitative estimate of drug-likeness (QED) is 0.443. The normalized spacial score (nSPS) is 7.00. The Balaban J connectivity index is 0. The van der Waals surface area contributed by atoms with Gasteiger partial charge in [0.15, 0.2) is 0 Å². The Kier molecular flexibility index (Phi) is 9.43. The summed E-state index contributed by atoms with van der Waals surface area (Å²) in [5, 5.41) is 0. The van der Waals surface area contributed by atoms with E-state index in [0.717, 1.165) is 5.88 Å². The first-order valence-corrected chi connectivity index (χ1v) is 3.11. The second-order valence-electron chi connectivity index (χ2n) is 1.41. The SMILES string of the molecule is C=C(C)C(N)=O.CCCl. The van der Waals surface area contributed by atoms with Crippen molar-refractivity contribution >= 4 is 17.5 Å². The van der Waals surface area contributed by atoms with Crippen molar-refractivity contribution in [3.8, 4) is 0 Å². The Morgan fingerprint density at radius 2 is 1.89 bits per heavy atom. The van der Waals surface area contributed by atoms with Gasteiger partial charge < -0.3 is 5.73 Å². The number of hydrogen-bond donors (Lipinski definition) is 1. The lowest BCUT2D eigenvalue weighted by atomic mass is 10.3. The highest BCUT2D eigenvalue weighted by Crippen LogP contribution is 1.78. The third kappa shape index (κ3) is 18.5. The summed E-state index contributed by atoms with van der Waals surface area (Å²) < 4.78 is 0. The molecule has 0 unspecified atom stereocenters. The smallest absolute Gasteiger partial charge is 0.243 e. The van der Waals surface area contributed by atoms with E-state index in [1.54, 1.807) is 6.92 Å². The van der Waals surface area contributed by atoms with Crippen molar-refractivity contribution < 1.29 is 4.79 Å². The Hall–Kier alpha value is -0.500. The lowest BCUT2D eigenvalue weighted by molar-refractivity contribution is -0.114. The topological polar surface area (TPSA) is 43.1 Å². The molecule has 9 heavy (non-hydrogen) atoms. The minimum atomic E-state index is -0.435.